The lowest BCUT2D eigenvalue weighted by Crippen LogP contribution is -2.41. The topological polar surface area (TPSA) is 41.1 Å². The van der Waals surface area contributed by atoms with Crippen LogP contribution in [0.4, 0.5) is 8.78 Å². The van der Waals surface area contributed by atoms with E-state index in [4.69, 9.17) is 0 Å². The third-order valence-electron chi connectivity index (χ3n) is 3.87. The third kappa shape index (κ3) is 2.47. The molecular formula is C14H16F2N2O. The van der Waals surface area contributed by atoms with Crippen LogP contribution in [0.1, 0.15) is 30.7 Å². The molecule has 1 amide bonds. The van der Waals surface area contributed by atoms with Crippen LogP contribution in [0.15, 0.2) is 18.2 Å². The Hall–Kier alpha value is -1.49. The highest BCUT2D eigenvalue weighted by Gasteiger charge is 2.43. The van der Waals surface area contributed by atoms with Crippen molar-refractivity contribution in [1.82, 2.24) is 10.6 Å². The Bertz CT molecular complexity index is 480. The maximum absolute atomic E-state index is 13.6. The summed E-state index contributed by atoms with van der Waals surface area (Å²) in [4.78, 5) is 11.9. The zero-order valence-electron chi connectivity index (χ0n) is 10.5. The van der Waals surface area contributed by atoms with Gasteiger partial charge in [0.05, 0.1) is 6.04 Å². The summed E-state index contributed by atoms with van der Waals surface area (Å²) in [6, 6.07) is 3.59. The minimum Gasteiger partial charge on any atom is -0.351 e. The van der Waals surface area contributed by atoms with E-state index in [0.29, 0.717) is 6.42 Å². The lowest BCUT2D eigenvalue weighted by molar-refractivity contribution is -0.122. The molecule has 1 aromatic rings. The van der Waals surface area contributed by atoms with Crippen molar-refractivity contribution in [3.8, 4) is 0 Å². The summed E-state index contributed by atoms with van der Waals surface area (Å²) in [6.07, 6.45) is 2.43. The fraction of sp³-hybridized carbons (Fsp3) is 0.500. The predicted octanol–water partition coefficient (Wildman–Crippen LogP) is 1.69. The summed E-state index contributed by atoms with van der Waals surface area (Å²) >= 11 is 0. The normalized spacial score (nSPS) is 29.3. The van der Waals surface area contributed by atoms with Crippen LogP contribution in [-0.2, 0) is 4.79 Å². The van der Waals surface area contributed by atoms with Crippen molar-refractivity contribution >= 4 is 5.91 Å². The zero-order valence-corrected chi connectivity index (χ0v) is 10.5. The van der Waals surface area contributed by atoms with E-state index in [1.165, 1.54) is 18.2 Å². The number of hydrogen-bond donors (Lipinski definition) is 2. The van der Waals surface area contributed by atoms with E-state index in [1.54, 1.807) is 0 Å². The first kappa shape index (κ1) is 12.5. The van der Waals surface area contributed by atoms with Crippen molar-refractivity contribution in [2.24, 2.45) is 0 Å². The Labute approximate surface area is 110 Å². The van der Waals surface area contributed by atoms with Crippen LogP contribution in [0.5, 0.6) is 0 Å². The molecule has 1 saturated carbocycles. The number of benzene rings is 1. The molecule has 0 radical (unpaired) electrons. The zero-order chi connectivity index (χ0) is 13.4. The predicted molar refractivity (Wildman–Crippen MR) is 66.7 cm³/mol. The van der Waals surface area contributed by atoms with Gasteiger partial charge in [0.1, 0.15) is 11.6 Å². The molecule has 3 unspecified atom stereocenters. The van der Waals surface area contributed by atoms with Crippen LogP contribution in [0, 0.1) is 11.6 Å². The molecule has 5 heteroatoms. The van der Waals surface area contributed by atoms with Gasteiger partial charge in [0, 0.05) is 17.5 Å². The fourth-order valence-electron chi connectivity index (χ4n) is 2.73. The SMILES string of the molecule is O=C(NC1CC1c1c(F)cccc1F)C1CCCN1. The van der Waals surface area contributed by atoms with Gasteiger partial charge in [0.15, 0.2) is 0 Å². The Morgan fingerprint density at radius 1 is 1.32 bits per heavy atom. The molecular weight excluding hydrogens is 250 g/mol. The van der Waals surface area contributed by atoms with E-state index in [2.05, 4.69) is 10.6 Å². The number of hydrogen-bond acceptors (Lipinski definition) is 2. The van der Waals surface area contributed by atoms with Gasteiger partial charge < -0.3 is 10.6 Å². The average molecular weight is 266 g/mol. The van der Waals surface area contributed by atoms with Crippen LogP contribution in [0.2, 0.25) is 0 Å². The molecule has 2 fully saturated rings. The van der Waals surface area contributed by atoms with Crippen LogP contribution in [0.3, 0.4) is 0 Å². The molecule has 2 N–H and O–H groups in total. The second-order valence-corrected chi connectivity index (χ2v) is 5.24. The maximum atomic E-state index is 13.6. The van der Waals surface area contributed by atoms with E-state index >= 15 is 0 Å². The Balaban J connectivity index is 1.63. The summed E-state index contributed by atoms with van der Waals surface area (Å²) in [5, 5.41) is 5.97. The number of rotatable bonds is 3. The average Bonchev–Trinajstić information content (AvgIpc) is 2.92. The van der Waals surface area contributed by atoms with Crippen molar-refractivity contribution < 1.29 is 13.6 Å². The van der Waals surface area contributed by atoms with E-state index in [9.17, 15) is 13.6 Å². The van der Waals surface area contributed by atoms with Crippen LogP contribution in [-0.4, -0.2) is 24.5 Å². The van der Waals surface area contributed by atoms with E-state index < -0.39 is 11.6 Å². The Morgan fingerprint density at radius 3 is 2.68 bits per heavy atom. The lowest BCUT2D eigenvalue weighted by Gasteiger charge is -2.11. The van der Waals surface area contributed by atoms with Gasteiger partial charge in [-0.15, -0.1) is 0 Å². The van der Waals surface area contributed by atoms with Crippen molar-refractivity contribution in [2.75, 3.05) is 6.54 Å². The van der Waals surface area contributed by atoms with Gasteiger partial charge in [0.25, 0.3) is 0 Å². The highest BCUT2D eigenvalue weighted by atomic mass is 19.1. The number of amides is 1. The molecule has 19 heavy (non-hydrogen) atoms. The largest absolute Gasteiger partial charge is 0.351 e. The summed E-state index contributed by atoms with van der Waals surface area (Å²) in [5.41, 5.74) is 0.104. The summed E-state index contributed by atoms with van der Waals surface area (Å²) in [6.45, 7) is 0.855. The van der Waals surface area contributed by atoms with Crippen LogP contribution >= 0.6 is 0 Å². The van der Waals surface area contributed by atoms with Crippen molar-refractivity contribution in [3.05, 3.63) is 35.4 Å². The minimum absolute atomic E-state index is 0.0539. The van der Waals surface area contributed by atoms with E-state index in [1.807, 2.05) is 0 Å². The van der Waals surface area contributed by atoms with Crippen molar-refractivity contribution in [3.63, 3.8) is 0 Å². The molecule has 0 aromatic heterocycles. The van der Waals surface area contributed by atoms with Gasteiger partial charge in [-0.1, -0.05) is 6.07 Å². The number of halogens is 2. The highest BCUT2D eigenvalue weighted by Crippen LogP contribution is 2.43. The fourth-order valence-corrected chi connectivity index (χ4v) is 2.73. The first-order valence-electron chi connectivity index (χ1n) is 6.64. The third-order valence-corrected chi connectivity index (χ3v) is 3.87. The Morgan fingerprint density at radius 2 is 2.05 bits per heavy atom. The monoisotopic (exact) mass is 266 g/mol. The molecule has 1 saturated heterocycles. The molecule has 3 nitrogen and oxygen atoms in total. The number of carbonyl (C=O) groups excluding carboxylic acids is 1. The minimum atomic E-state index is -0.527. The van der Waals surface area contributed by atoms with Gasteiger partial charge in [-0.3, -0.25) is 4.79 Å². The van der Waals surface area contributed by atoms with E-state index in [-0.39, 0.29) is 29.5 Å². The second kappa shape index (κ2) is 4.89. The van der Waals surface area contributed by atoms with Gasteiger partial charge in [-0.2, -0.15) is 0 Å². The first-order chi connectivity index (χ1) is 9.16. The van der Waals surface area contributed by atoms with Gasteiger partial charge in [-0.25, -0.2) is 8.78 Å². The smallest absolute Gasteiger partial charge is 0.237 e. The van der Waals surface area contributed by atoms with Crippen LogP contribution < -0.4 is 10.6 Å². The van der Waals surface area contributed by atoms with Crippen molar-refractivity contribution in [1.29, 1.82) is 0 Å². The maximum Gasteiger partial charge on any atom is 0.237 e. The summed E-state index contributed by atoms with van der Waals surface area (Å²) < 4.78 is 27.2. The summed E-state index contributed by atoms with van der Waals surface area (Å²) in [7, 11) is 0. The van der Waals surface area contributed by atoms with Gasteiger partial charge >= 0.3 is 0 Å². The van der Waals surface area contributed by atoms with Gasteiger partial charge in [0.2, 0.25) is 5.91 Å². The van der Waals surface area contributed by atoms with E-state index in [0.717, 1.165) is 19.4 Å². The quantitative estimate of drug-likeness (QED) is 0.874. The standard InChI is InChI=1S/C14H16F2N2O/c15-9-3-1-4-10(16)13(9)8-7-12(8)18-14(19)11-5-2-6-17-11/h1,3-4,8,11-12,17H,2,5-7H2,(H,18,19). The molecule has 0 spiro atoms. The van der Waals surface area contributed by atoms with Crippen molar-refractivity contribution in [2.45, 2.75) is 37.3 Å². The first-order valence-corrected chi connectivity index (χ1v) is 6.64. The molecule has 1 aromatic carbocycles. The molecule has 3 atom stereocenters. The molecule has 3 rings (SSSR count). The number of nitrogens with one attached hydrogen (secondary N) is 2. The molecule has 2 aliphatic rings. The molecule has 1 aliphatic carbocycles. The highest BCUT2D eigenvalue weighted by molar-refractivity contribution is 5.82. The summed E-state index contributed by atoms with van der Waals surface area (Å²) in [5.74, 6) is -1.34. The number of carbonyl (C=O) groups is 1. The molecule has 1 heterocycles. The van der Waals surface area contributed by atoms with Crippen LogP contribution in [0.25, 0.3) is 0 Å². The molecule has 0 bridgehead atoms. The second-order valence-electron chi connectivity index (χ2n) is 5.24. The Kier molecular flexibility index (Phi) is 3.22. The van der Waals surface area contributed by atoms with Gasteiger partial charge in [-0.05, 0) is 37.9 Å². The molecule has 1 aliphatic heterocycles. The molecule has 102 valence electrons. The lowest BCUT2D eigenvalue weighted by atomic mass is 10.1.